The van der Waals surface area contributed by atoms with Gasteiger partial charge in [-0.1, -0.05) is 46.6 Å². The van der Waals surface area contributed by atoms with Gasteiger partial charge in [0.25, 0.3) is 0 Å². The first-order chi connectivity index (χ1) is 15.9. The Morgan fingerprint density at radius 3 is 2.33 bits per heavy atom. The molecule has 0 unspecified atom stereocenters. The zero-order valence-electron chi connectivity index (χ0n) is 17.3. The standard InChI is InChI=1S/C23H17Cl3N4O2S/c1-32-18-9-2-14(3-10-18)22-28-29-23(30(22)17-7-4-15(24)5-8-17)33-13-21(31)27-20-11-6-16(25)12-19(20)26/h2-12H,13H2,1H3,(H,27,31). The van der Waals surface area contributed by atoms with Crippen molar-refractivity contribution in [2.24, 2.45) is 0 Å². The summed E-state index contributed by atoms with van der Waals surface area (Å²) in [6.07, 6.45) is 0. The number of aromatic nitrogens is 3. The first kappa shape index (κ1) is 23.4. The summed E-state index contributed by atoms with van der Waals surface area (Å²) in [4.78, 5) is 12.6. The Morgan fingerprint density at radius 1 is 0.970 bits per heavy atom. The number of carbonyl (C=O) groups is 1. The number of nitrogens with zero attached hydrogens (tertiary/aromatic N) is 3. The van der Waals surface area contributed by atoms with Crippen LogP contribution in [0.1, 0.15) is 0 Å². The lowest BCUT2D eigenvalue weighted by atomic mass is 10.2. The van der Waals surface area contributed by atoms with Gasteiger partial charge in [-0.05, 0) is 66.7 Å². The van der Waals surface area contributed by atoms with Crippen molar-refractivity contribution in [1.29, 1.82) is 0 Å². The highest BCUT2D eigenvalue weighted by Crippen LogP contribution is 2.30. The Hall–Kier alpha value is -2.71. The molecule has 1 heterocycles. The maximum absolute atomic E-state index is 12.6. The fraction of sp³-hybridized carbons (Fsp3) is 0.0870. The summed E-state index contributed by atoms with van der Waals surface area (Å²) in [5.41, 5.74) is 2.16. The number of thioether (sulfide) groups is 1. The second-order valence-corrected chi connectivity index (χ2v) is 9.03. The molecule has 168 valence electrons. The lowest BCUT2D eigenvalue weighted by Crippen LogP contribution is -2.15. The predicted molar refractivity (Wildman–Crippen MR) is 134 cm³/mol. The SMILES string of the molecule is COc1ccc(-c2nnc(SCC(=O)Nc3ccc(Cl)cc3Cl)n2-c2ccc(Cl)cc2)cc1. The van der Waals surface area contributed by atoms with Crippen molar-refractivity contribution in [1.82, 2.24) is 14.8 Å². The highest BCUT2D eigenvalue weighted by molar-refractivity contribution is 7.99. The van der Waals surface area contributed by atoms with Gasteiger partial charge in [-0.3, -0.25) is 9.36 Å². The van der Waals surface area contributed by atoms with E-state index in [1.165, 1.54) is 11.8 Å². The normalized spacial score (nSPS) is 10.8. The predicted octanol–water partition coefficient (Wildman–Crippen LogP) is 6.63. The fourth-order valence-electron chi connectivity index (χ4n) is 3.02. The van der Waals surface area contributed by atoms with E-state index < -0.39 is 0 Å². The summed E-state index contributed by atoms with van der Waals surface area (Å²) in [6, 6.07) is 19.7. The summed E-state index contributed by atoms with van der Waals surface area (Å²) in [5, 5.41) is 13.5. The number of ether oxygens (including phenoxy) is 1. The molecular formula is C23H17Cl3N4O2S. The molecule has 0 aliphatic heterocycles. The molecule has 4 rings (SSSR count). The van der Waals surface area contributed by atoms with E-state index in [-0.39, 0.29) is 11.7 Å². The van der Waals surface area contributed by atoms with Crippen LogP contribution in [-0.2, 0) is 4.79 Å². The van der Waals surface area contributed by atoms with Crippen LogP contribution in [0.4, 0.5) is 5.69 Å². The molecular weight excluding hydrogens is 503 g/mol. The van der Waals surface area contributed by atoms with Gasteiger partial charge >= 0.3 is 0 Å². The van der Waals surface area contributed by atoms with Crippen molar-refractivity contribution < 1.29 is 9.53 Å². The monoisotopic (exact) mass is 518 g/mol. The fourth-order valence-corrected chi connectivity index (χ4v) is 4.35. The van der Waals surface area contributed by atoms with Gasteiger partial charge in [0.2, 0.25) is 5.91 Å². The molecule has 0 saturated heterocycles. The van der Waals surface area contributed by atoms with Gasteiger partial charge in [0, 0.05) is 21.3 Å². The lowest BCUT2D eigenvalue weighted by molar-refractivity contribution is -0.113. The molecule has 33 heavy (non-hydrogen) atoms. The number of methoxy groups -OCH3 is 1. The van der Waals surface area contributed by atoms with Crippen LogP contribution in [0.25, 0.3) is 17.1 Å². The van der Waals surface area contributed by atoms with E-state index in [1.54, 1.807) is 37.4 Å². The van der Waals surface area contributed by atoms with Crippen LogP contribution in [0.2, 0.25) is 15.1 Å². The summed E-state index contributed by atoms with van der Waals surface area (Å²) < 4.78 is 7.12. The van der Waals surface area contributed by atoms with Crippen LogP contribution in [0, 0.1) is 0 Å². The van der Waals surface area contributed by atoms with Crippen LogP contribution in [0.3, 0.4) is 0 Å². The molecule has 0 atom stereocenters. The molecule has 10 heteroatoms. The number of anilines is 1. The molecule has 3 aromatic carbocycles. The average Bonchev–Trinajstić information content (AvgIpc) is 3.24. The third-order valence-corrected chi connectivity index (χ3v) is 6.33. The highest BCUT2D eigenvalue weighted by atomic mass is 35.5. The summed E-state index contributed by atoms with van der Waals surface area (Å²) in [5.74, 6) is 1.24. The second kappa shape index (κ2) is 10.5. The van der Waals surface area contributed by atoms with Crippen molar-refractivity contribution in [2.75, 3.05) is 18.2 Å². The molecule has 0 spiro atoms. The minimum absolute atomic E-state index is 0.104. The second-order valence-electron chi connectivity index (χ2n) is 6.81. The number of hydrogen-bond donors (Lipinski definition) is 1. The van der Waals surface area contributed by atoms with Crippen molar-refractivity contribution >= 4 is 58.2 Å². The highest BCUT2D eigenvalue weighted by Gasteiger charge is 2.18. The number of hydrogen-bond acceptors (Lipinski definition) is 5. The van der Waals surface area contributed by atoms with Gasteiger partial charge < -0.3 is 10.1 Å². The largest absolute Gasteiger partial charge is 0.497 e. The van der Waals surface area contributed by atoms with Gasteiger partial charge in [0.05, 0.1) is 23.6 Å². The van der Waals surface area contributed by atoms with E-state index in [1.807, 2.05) is 41.0 Å². The molecule has 0 aliphatic rings. The molecule has 0 fully saturated rings. The molecule has 0 radical (unpaired) electrons. The molecule has 1 amide bonds. The van der Waals surface area contributed by atoms with Gasteiger partial charge in [-0.2, -0.15) is 0 Å². The van der Waals surface area contributed by atoms with Crippen molar-refractivity contribution in [2.45, 2.75) is 5.16 Å². The van der Waals surface area contributed by atoms with Gasteiger partial charge in [0.1, 0.15) is 5.75 Å². The van der Waals surface area contributed by atoms with E-state index in [4.69, 9.17) is 39.5 Å². The molecule has 6 nitrogen and oxygen atoms in total. The van der Waals surface area contributed by atoms with Crippen LogP contribution in [0.5, 0.6) is 5.75 Å². The Bertz CT molecular complexity index is 1280. The van der Waals surface area contributed by atoms with Gasteiger partial charge in [0.15, 0.2) is 11.0 Å². The number of nitrogens with one attached hydrogen (secondary N) is 1. The van der Waals surface area contributed by atoms with Crippen LogP contribution in [0.15, 0.2) is 71.9 Å². The maximum Gasteiger partial charge on any atom is 0.234 e. The Kier molecular flexibility index (Phi) is 7.45. The smallest absolute Gasteiger partial charge is 0.234 e. The van der Waals surface area contributed by atoms with E-state index in [2.05, 4.69) is 15.5 Å². The Balaban J connectivity index is 1.60. The number of benzene rings is 3. The molecule has 1 N–H and O–H groups in total. The molecule has 1 aromatic heterocycles. The van der Waals surface area contributed by atoms with E-state index in [0.29, 0.717) is 31.7 Å². The summed E-state index contributed by atoms with van der Waals surface area (Å²) in [7, 11) is 1.61. The van der Waals surface area contributed by atoms with Crippen LogP contribution < -0.4 is 10.1 Å². The molecule has 4 aromatic rings. The zero-order chi connectivity index (χ0) is 23.4. The van der Waals surface area contributed by atoms with Crippen molar-refractivity contribution in [3.05, 3.63) is 81.8 Å². The topological polar surface area (TPSA) is 69.0 Å². The number of amides is 1. The van der Waals surface area contributed by atoms with Crippen molar-refractivity contribution in [3.63, 3.8) is 0 Å². The first-order valence-corrected chi connectivity index (χ1v) is 11.8. The number of halogens is 3. The maximum atomic E-state index is 12.6. The average molecular weight is 520 g/mol. The van der Waals surface area contributed by atoms with Crippen molar-refractivity contribution in [3.8, 4) is 22.8 Å². The first-order valence-electron chi connectivity index (χ1n) is 9.68. The molecule has 0 aliphatic carbocycles. The quantitative estimate of drug-likeness (QED) is 0.277. The number of rotatable bonds is 7. The minimum Gasteiger partial charge on any atom is -0.497 e. The van der Waals surface area contributed by atoms with Crippen LogP contribution >= 0.6 is 46.6 Å². The third-order valence-electron chi connectivity index (χ3n) is 4.60. The van der Waals surface area contributed by atoms with E-state index >= 15 is 0 Å². The number of carbonyl (C=O) groups excluding carboxylic acids is 1. The third kappa shape index (κ3) is 5.62. The van der Waals surface area contributed by atoms with Gasteiger partial charge in [-0.15, -0.1) is 10.2 Å². The lowest BCUT2D eigenvalue weighted by Gasteiger charge is -2.11. The van der Waals surface area contributed by atoms with Crippen LogP contribution in [-0.4, -0.2) is 33.5 Å². The summed E-state index contributed by atoms with van der Waals surface area (Å²) >= 11 is 19.4. The Morgan fingerprint density at radius 2 is 1.67 bits per heavy atom. The van der Waals surface area contributed by atoms with Gasteiger partial charge in [-0.25, -0.2) is 0 Å². The van der Waals surface area contributed by atoms with E-state index in [9.17, 15) is 4.79 Å². The summed E-state index contributed by atoms with van der Waals surface area (Å²) in [6.45, 7) is 0. The van der Waals surface area contributed by atoms with E-state index in [0.717, 1.165) is 17.0 Å². The molecule has 0 bridgehead atoms. The Labute approximate surface area is 209 Å². The minimum atomic E-state index is -0.235. The zero-order valence-corrected chi connectivity index (χ0v) is 20.3. The molecule has 0 saturated carbocycles.